The highest BCUT2D eigenvalue weighted by Gasteiger charge is 2.27. The van der Waals surface area contributed by atoms with Gasteiger partial charge in [0, 0.05) is 29.4 Å². The van der Waals surface area contributed by atoms with Crippen LogP contribution in [0.4, 0.5) is 5.69 Å². The standard InChI is InChI=1S/C21H20ClN3O4S/c1-13-20(14(2)29-24-13)30(27,28)23-12-15-3-4-16-9-10-25(19(16)11-15)21(26)17-5-7-18(22)8-6-17/h3-8,11,23H,9-10,12H2,1-2H3. The van der Waals surface area contributed by atoms with Crippen LogP contribution in [0.15, 0.2) is 51.9 Å². The number of fused-ring (bicyclic) bond motifs is 1. The fourth-order valence-electron chi connectivity index (χ4n) is 3.60. The van der Waals surface area contributed by atoms with Crippen LogP contribution in [0.1, 0.15) is 32.9 Å². The van der Waals surface area contributed by atoms with Crippen LogP contribution < -0.4 is 9.62 Å². The van der Waals surface area contributed by atoms with Crippen molar-refractivity contribution >= 4 is 33.2 Å². The van der Waals surface area contributed by atoms with E-state index in [1.54, 1.807) is 43.0 Å². The Kier molecular flexibility index (Phi) is 5.40. The largest absolute Gasteiger partial charge is 0.360 e. The van der Waals surface area contributed by atoms with Crippen molar-refractivity contribution in [1.29, 1.82) is 0 Å². The van der Waals surface area contributed by atoms with Gasteiger partial charge in [-0.25, -0.2) is 13.1 Å². The van der Waals surface area contributed by atoms with Gasteiger partial charge in [-0.2, -0.15) is 0 Å². The molecule has 3 aromatic rings. The van der Waals surface area contributed by atoms with Gasteiger partial charge in [-0.15, -0.1) is 0 Å². The molecule has 7 nitrogen and oxygen atoms in total. The summed E-state index contributed by atoms with van der Waals surface area (Å²) in [5.41, 5.74) is 3.46. The number of aromatic nitrogens is 1. The van der Waals surface area contributed by atoms with E-state index in [2.05, 4.69) is 9.88 Å². The molecule has 1 aliphatic heterocycles. The molecular formula is C21H20ClN3O4S. The summed E-state index contributed by atoms with van der Waals surface area (Å²) in [5.74, 6) is 0.132. The summed E-state index contributed by atoms with van der Waals surface area (Å²) >= 11 is 5.92. The maximum absolute atomic E-state index is 12.9. The molecule has 156 valence electrons. The first-order valence-electron chi connectivity index (χ1n) is 9.38. The predicted octanol–water partition coefficient (Wildman–Crippen LogP) is 3.63. The lowest BCUT2D eigenvalue weighted by molar-refractivity contribution is 0.0989. The van der Waals surface area contributed by atoms with Gasteiger partial charge in [0.1, 0.15) is 10.6 Å². The molecule has 9 heteroatoms. The second-order valence-corrected chi connectivity index (χ2v) is 9.29. The van der Waals surface area contributed by atoms with Gasteiger partial charge in [0.25, 0.3) is 5.91 Å². The maximum atomic E-state index is 12.9. The van der Waals surface area contributed by atoms with Crippen LogP contribution in [0.3, 0.4) is 0 Å². The highest BCUT2D eigenvalue weighted by atomic mass is 35.5. The third kappa shape index (κ3) is 3.86. The van der Waals surface area contributed by atoms with E-state index in [1.165, 1.54) is 0 Å². The van der Waals surface area contributed by atoms with Crippen molar-refractivity contribution in [3.05, 3.63) is 75.6 Å². The quantitative estimate of drug-likeness (QED) is 0.647. The van der Waals surface area contributed by atoms with Gasteiger partial charge in [-0.1, -0.05) is 28.9 Å². The minimum Gasteiger partial charge on any atom is -0.360 e. The van der Waals surface area contributed by atoms with E-state index in [9.17, 15) is 13.2 Å². The lowest BCUT2D eigenvalue weighted by atomic mass is 10.1. The number of amides is 1. The summed E-state index contributed by atoms with van der Waals surface area (Å²) < 4.78 is 32.8. The Morgan fingerprint density at radius 3 is 2.60 bits per heavy atom. The molecule has 1 N–H and O–H groups in total. The smallest absolute Gasteiger partial charge is 0.258 e. The molecule has 30 heavy (non-hydrogen) atoms. The zero-order valence-corrected chi connectivity index (χ0v) is 18.0. The zero-order valence-electron chi connectivity index (χ0n) is 16.5. The van der Waals surface area contributed by atoms with E-state index < -0.39 is 10.0 Å². The fourth-order valence-corrected chi connectivity index (χ4v) is 5.07. The molecule has 0 atom stereocenters. The Balaban J connectivity index is 1.55. The van der Waals surface area contributed by atoms with Crippen LogP contribution >= 0.6 is 11.6 Å². The highest BCUT2D eigenvalue weighted by molar-refractivity contribution is 7.89. The van der Waals surface area contributed by atoms with Crippen molar-refractivity contribution in [1.82, 2.24) is 9.88 Å². The Morgan fingerprint density at radius 1 is 1.20 bits per heavy atom. The first-order chi connectivity index (χ1) is 14.3. The van der Waals surface area contributed by atoms with Gasteiger partial charge in [-0.3, -0.25) is 4.79 Å². The first kappa shape index (κ1) is 20.6. The summed E-state index contributed by atoms with van der Waals surface area (Å²) in [6.07, 6.45) is 0.750. The van der Waals surface area contributed by atoms with Gasteiger partial charge >= 0.3 is 0 Å². The van der Waals surface area contributed by atoms with Crippen LogP contribution in [0, 0.1) is 13.8 Å². The van der Waals surface area contributed by atoms with Crippen molar-refractivity contribution in [2.24, 2.45) is 0 Å². The van der Waals surface area contributed by atoms with Crippen LogP contribution in [0.25, 0.3) is 0 Å². The third-order valence-corrected chi connectivity index (χ3v) is 6.98. The van der Waals surface area contributed by atoms with Gasteiger partial charge in [-0.05, 0) is 61.7 Å². The molecule has 1 aromatic heterocycles. The Hall–Kier alpha value is -2.68. The lowest BCUT2D eigenvalue weighted by Crippen LogP contribution is -2.29. The summed E-state index contributed by atoms with van der Waals surface area (Å²) in [7, 11) is -3.77. The van der Waals surface area contributed by atoms with Crippen molar-refractivity contribution < 1.29 is 17.7 Å². The average molecular weight is 446 g/mol. The maximum Gasteiger partial charge on any atom is 0.258 e. The first-order valence-corrected chi connectivity index (χ1v) is 11.2. The Labute approximate surface area is 179 Å². The molecule has 2 heterocycles. The van der Waals surface area contributed by atoms with E-state index in [0.717, 1.165) is 23.2 Å². The number of rotatable bonds is 5. The third-order valence-electron chi connectivity index (χ3n) is 5.08. The van der Waals surface area contributed by atoms with Crippen molar-refractivity contribution in [3.8, 4) is 0 Å². The van der Waals surface area contributed by atoms with Crippen LogP contribution in [-0.4, -0.2) is 26.0 Å². The van der Waals surface area contributed by atoms with E-state index in [1.807, 2.05) is 18.2 Å². The number of sulfonamides is 1. The molecule has 0 aliphatic carbocycles. The topological polar surface area (TPSA) is 92.5 Å². The number of halogens is 1. The Morgan fingerprint density at radius 2 is 1.93 bits per heavy atom. The van der Waals surface area contributed by atoms with E-state index in [-0.39, 0.29) is 23.1 Å². The second-order valence-electron chi connectivity index (χ2n) is 7.15. The molecule has 1 aliphatic rings. The predicted molar refractivity (Wildman–Crippen MR) is 113 cm³/mol. The molecule has 1 amide bonds. The van der Waals surface area contributed by atoms with Crippen molar-refractivity contribution in [2.45, 2.75) is 31.7 Å². The van der Waals surface area contributed by atoms with Gasteiger partial charge < -0.3 is 9.42 Å². The van der Waals surface area contributed by atoms with Crippen molar-refractivity contribution in [3.63, 3.8) is 0 Å². The van der Waals surface area contributed by atoms with Gasteiger partial charge in [0.15, 0.2) is 5.76 Å². The second kappa shape index (κ2) is 7.86. The molecule has 0 spiro atoms. The minimum atomic E-state index is -3.77. The molecule has 0 saturated carbocycles. The number of hydrogen-bond donors (Lipinski definition) is 1. The van der Waals surface area contributed by atoms with E-state index in [0.29, 0.717) is 22.8 Å². The van der Waals surface area contributed by atoms with Crippen LogP contribution in [0.5, 0.6) is 0 Å². The SMILES string of the molecule is Cc1noc(C)c1S(=O)(=O)NCc1ccc2c(c1)N(C(=O)c1ccc(Cl)cc1)CC2. The number of anilines is 1. The summed E-state index contributed by atoms with van der Waals surface area (Å²) in [6.45, 7) is 3.80. The van der Waals surface area contributed by atoms with Crippen LogP contribution in [-0.2, 0) is 23.0 Å². The number of carbonyl (C=O) groups excluding carboxylic acids is 1. The summed E-state index contributed by atoms with van der Waals surface area (Å²) in [6, 6.07) is 12.4. The molecule has 0 unspecified atom stereocenters. The molecule has 2 aromatic carbocycles. The Bertz CT molecular complexity index is 1200. The number of hydrogen-bond acceptors (Lipinski definition) is 5. The highest BCUT2D eigenvalue weighted by Crippen LogP contribution is 2.31. The fraction of sp³-hybridized carbons (Fsp3) is 0.238. The minimum absolute atomic E-state index is 0.0585. The van der Waals surface area contributed by atoms with E-state index >= 15 is 0 Å². The number of nitrogens with zero attached hydrogens (tertiary/aromatic N) is 2. The monoisotopic (exact) mass is 445 g/mol. The molecule has 0 radical (unpaired) electrons. The van der Waals surface area contributed by atoms with Gasteiger partial charge in [0.2, 0.25) is 10.0 Å². The number of carbonyl (C=O) groups is 1. The zero-order chi connectivity index (χ0) is 21.5. The normalized spacial score (nSPS) is 13.5. The molecule has 0 fully saturated rings. The molecular weight excluding hydrogens is 426 g/mol. The number of aryl methyl sites for hydroxylation is 2. The summed E-state index contributed by atoms with van der Waals surface area (Å²) in [4.78, 5) is 14.7. The lowest BCUT2D eigenvalue weighted by Gasteiger charge is -2.18. The molecule has 0 bridgehead atoms. The summed E-state index contributed by atoms with van der Waals surface area (Å²) in [5, 5.41) is 4.27. The molecule has 0 saturated heterocycles. The number of benzene rings is 2. The van der Waals surface area contributed by atoms with Crippen LogP contribution in [0.2, 0.25) is 5.02 Å². The molecule has 4 rings (SSSR count). The van der Waals surface area contributed by atoms with Crippen molar-refractivity contribution in [2.75, 3.05) is 11.4 Å². The average Bonchev–Trinajstić information content (AvgIpc) is 3.29. The van der Waals surface area contributed by atoms with E-state index in [4.69, 9.17) is 16.1 Å². The van der Waals surface area contributed by atoms with Gasteiger partial charge in [0.05, 0.1) is 0 Å². The number of nitrogens with one attached hydrogen (secondary N) is 1.